The Bertz CT molecular complexity index is 530. The molecule has 0 aromatic carbocycles. The van der Waals surface area contributed by atoms with Crippen molar-refractivity contribution < 1.29 is 14.3 Å². The summed E-state index contributed by atoms with van der Waals surface area (Å²) in [7, 11) is 0. The van der Waals surface area contributed by atoms with Crippen LogP contribution >= 0.6 is 0 Å². The van der Waals surface area contributed by atoms with Crippen LogP contribution in [0.3, 0.4) is 0 Å². The molecule has 0 fully saturated rings. The topological polar surface area (TPSA) is 63.3 Å². The van der Waals surface area contributed by atoms with Gasteiger partial charge in [0.1, 0.15) is 5.69 Å². The summed E-state index contributed by atoms with van der Waals surface area (Å²) in [4.78, 5) is 15.4. The van der Waals surface area contributed by atoms with Gasteiger partial charge in [0.25, 0.3) is 0 Å². The molecule has 0 atom stereocenters. The lowest BCUT2D eigenvalue weighted by Gasteiger charge is -2.09. The Balaban J connectivity index is 2.53. The molecule has 0 amide bonds. The monoisotopic (exact) mass is 231 g/mol. The number of carboxylic acid groups (broad SMARTS) is 1. The van der Waals surface area contributed by atoms with Crippen molar-refractivity contribution in [1.29, 1.82) is 0 Å². The maximum Gasteiger partial charge on any atom is 0.337 e. The quantitative estimate of drug-likeness (QED) is 0.881. The molecule has 1 N–H and O–H groups in total. The highest BCUT2D eigenvalue weighted by atomic mass is 16.4. The van der Waals surface area contributed by atoms with Gasteiger partial charge in [0.05, 0.1) is 17.5 Å². The van der Waals surface area contributed by atoms with E-state index in [-0.39, 0.29) is 11.5 Å². The van der Waals surface area contributed by atoms with Crippen LogP contribution in [0.2, 0.25) is 0 Å². The average molecular weight is 231 g/mol. The van der Waals surface area contributed by atoms with Crippen LogP contribution in [-0.2, 0) is 0 Å². The van der Waals surface area contributed by atoms with Gasteiger partial charge in [-0.15, -0.1) is 0 Å². The molecule has 0 radical (unpaired) electrons. The first kappa shape index (κ1) is 11.4. The van der Waals surface area contributed by atoms with Crippen molar-refractivity contribution >= 4 is 5.97 Å². The summed E-state index contributed by atoms with van der Waals surface area (Å²) in [5.74, 6) is -0.257. The molecule has 2 heterocycles. The van der Waals surface area contributed by atoms with Gasteiger partial charge in [-0.1, -0.05) is 13.8 Å². The summed E-state index contributed by atoms with van der Waals surface area (Å²) in [6.07, 6.45) is 1.57. The lowest BCUT2D eigenvalue weighted by molar-refractivity contribution is 0.0694. The van der Waals surface area contributed by atoms with Crippen LogP contribution in [0, 0.1) is 0 Å². The van der Waals surface area contributed by atoms with E-state index in [2.05, 4.69) is 4.98 Å². The minimum atomic E-state index is -0.952. The van der Waals surface area contributed by atoms with Crippen LogP contribution in [-0.4, -0.2) is 16.1 Å². The lowest BCUT2D eigenvalue weighted by atomic mass is 10.0. The number of carboxylic acids is 1. The Morgan fingerprint density at radius 3 is 2.65 bits per heavy atom. The lowest BCUT2D eigenvalue weighted by Crippen LogP contribution is -2.07. The van der Waals surface area contributed by atoms with Crippen molar-refractivity contribution in [3.8, 4) is 11.5 Å². The molecule has 2 aromatic rings. The summed E-state index contributed by atoms with van der Waals surface area (Å²) < 4.78 is 5.24. The van der Waals surface area contributed by atoms with Crippen LogP contribution < -0.4 is 0 Å². The zero-order chi connectivity index (χ0) is 12.4. The number of aromatic carboxylic acids is 1. The maximum absolute atomic E-state index is 11.1. The molecule has 0 spiro atoms. The van der Waals surface area contributed by atoms with E-state index in [1.165, 1.54) is 0 Å². The molecular formula is C13H13NO3. The Morgan fingerprint density at radius 1 is 1.35 bits per heavy atom. The molecule has 0 bridgehead atoms. The van der Waals surface area contributed by atoms with Gasteiger partial charge in [0.2, 0.25) is 0 Å². The van der Waals surface area contributed by atoms with E-state index < -0.39 is 5.97 Å². The van der Waals surface area contributed by atoms with Crippen LogP contribution in [0.4, 0.5) is 0 Å². The maximum atomic E-state index is 11.1. The number of aromatic nitrogens is 1. The van der Waals surface area contributed by atoms with Crippen molar-refractivity contribution in [2.24, 2.45) is 0 Å². The van der Waals surface area contributed by atoms with E-state index in [9.17, 15) is 4.79 Å². The summed E-state index contributed by atoms with van der Waals surface area (Å²) in [5.41, 5.74) is 1.48. The second kappa shape index (κ2) is 4.41. The van der Waals surface area contributed by atoms with Gasteiger partial charge in [-0.2, -0.15) is 0 Å². The third-order valence-electron chi connectivity index (χ3n) is 2.48. The predicted molar refractivity (Wildman–Crippen MR) is 63.0 cm³/mol. The minimum Gasteiger partial charge on any atom is -0.478 e. The normalized spacial score (nSPS) is 10.8. The van der Waals surface area contributed by atoms with E-state index >= 15 is 0 Å². The number of carbonyl (C=O) groups is 1. The molecule has 0 aliphatic heterocycles. The third-order valence-corrected chi connectivity index (χ3v) is 2.48. The fourth-order valence-corrected chi connectivity index (χ4v) is 1.66. The SMILES string of the molecule is CC(C)c1nc(-c2ccco2)ccc1C(=O)O. The summed E-state index contributed by atoms with van der Waals surface area (Å²) in [6, 6.07) is 6.81. The summed E-state index contributed by atoms with van der Waals surface area (Å²) in [5, 5.41) is 9.07. The van der Waals surface area contributed by atoms with Gasteiger partial charge in [-0.05, 0) is 30.2 Å². The number of rotatable bonds is 3. The molecule has 0 saturated carbocycles. The fraction of sp³-hybridized carbons (Fsp3) is 0.231. The third kappa shape index (κ3) is 2.20. The number of pyridine rings is 1. The van der Waals surface area contributed by atoms with Crippen molar-refractivity contribution in [2.75, 3.05) is 0 Å². The van der Waals surface area contributed by atoms with Crippen LogP contribution in [0.1, 0.15) is 35.8 Å². The van der Waals surface area contributed by atoms with Crippen molar-refractivity contribution in [2.45, 2.75) is 19.8 Å². The fourth-order valence-electron chi connectivity index (χ4n) is 1.66. The van der Waals surface area contributed by atoms with Gasteiger partial charge in [0.15, 0.2) is 5.76 Å². The first-order valence-electron chi connectivity index (χ1n) is 5.37. The predicted octanol–water partition coefficient (Wildman–Crippen LogP) is 3.16. The molecule has 88 valence electrons. The van der Waals surface area contributed by atoms with Gasteiger partial charge < -0.3 is 9.52 Å². The molecular weight excluding hydrogens is 218 g/mol. The minimum absolute atomic E-state index is 0.0519. The first-order valence-corrected chi connectivity index (χ1v) is 5.37. The Labute approximate surface area is 98.9 Å². The van der Waals surface area contributed by atoms with Crippen molar-refractivity contribution in [3.63, 3.8) is 0 Å². The zero-order valence-corrected chi connectivity index (χ0v) is 9.68. The highest BCUT2D eigenvalue weighted by Crippen LogP contribution is 2.23. The molecule has 2 rings (SSSR count). The van der Waals surface area contributed by atoms with Gasteiger partial charge in [-0.3, -0.25) is 0 Å². The number of hydrogen-bond donors (Lipinski definition) is 1. The van der Waals surface area contributed by atoms with E-state index in [4.69, 9.17) is 9.52 Å². The highest BCUT2D eigenvalue weighted by Gasteiger charge is 2.16. The molecule has 0 aliphatic rings. The first-order chi connectivity index (χ1) is 8.09. The highest BCUT2D eigenvalue weighted by molar-refractivity contribution is 5.89. The smallest absolute Gasteiger partial charge is 0.337 e. The van der Waals surface area contributed by atoms with Gasteiger partial charge in [0, 0.05) is 0 Å². The summed E-state index contributed by atoms with van der Waals surface area (Å²) in [6.45, 7) is 3.83. The van der Waals surface area contributed by atoms with Crippen LogP contribution in [0.25, 0.3) is 11.5 Å². The molecule has 17 heavy (non-hydrogen) atoms. The van der Waals surface area contributed by atoms with Crippen molar-refractivity contribution in [1.82, 2.24) is 4.98 Å². The Morgan fingerprint density at radius 2 is 2.12 bits per heavy atom. The molecule has 4 nitrogen and oxygen atoms in total. The van der Waals surface area contributed by atoms with Crippen molar-refractivity contribution in [3.05, 3.63) is 41.8 Å². The van der Waals surface area contributed by atoms with Crippen LogP contribution in [0.5, 0.6) is 0 Å². The van der Waals surface area contributed by atoms with E-state index in [1.807, 2.05) is 13.8 Å². The Kier molecular flexibility index (Phi) is 2.95. The van der Waals surface area contributed by atoms with Gasteiger partial charge >= 0.3 is 5.97 Å². The molecule has 0 unspecified atom stereocenters. The molecule has 4 heteroatoms. The van der Waals surface area contributed by atoms with E-state index in [1.54, 1.807) is 30.5 Å². The number of nitrogens with zero attached hydrogens (tertiary/aromatic N) is 1. The van der Waals surface area contributed by atoms with Crippen LogP contribution in [0.15, 0.2) is 34.9 Å². The van der Waals surface area contributed by atoms with E-state index in [0.29, 0.717) is 17.1 Å². The van der Waals surface area contributed by atoms with Gasteiger partial charge in [-0.25, -0.2) is 9.78 Å². The standard InChI is InChI=1S/C13H13NO3/c1-8(2)12-9(13(15)16)5-6-10(14-12)11-4-3-7-17-11/h3-8H,1-2H3,(H,15,16). The molecule has 0 aliphatic carbocycles. The second-order valence-corrected chi connectivity index (χ2v) is 4.07. The largest absolute Gasteiger partial charge is 0.478 e. The number of hydrogen-bond acceptors (Lipinski definition) is 3. The zero-order valence-electron chi connectivity index (χ0n) is 9.68. The Hall–Kier alpha value is -2.10. The molecule has 0 saturated heterocycles. The number of furan rings is 1. The summed E-state index contributed by atoms with van der Waals surface area (Å²) >= 11 is 0. The second-order valence-electron chi connectivity index (χ2n) is 4.07. The molecule has 2 aromatic heterocycles. The average Bonchev–Trinajstić information content (AvgIpc) is 2.81. The van der Waals surface area contributed by atoms with E-state index in [0.717, 1.165) is 0 Å².